The lowest BCUT2D eigenvalue weighted by molar-refractivity contribution is 0.159. The molecule has 1 aromatic rings. The minimum Gasteiger partial charge on any atom is -0.493 e. The zero-order valence-corrected chi connectivity index (χ0v) is 15.6. The SMILES string of the molecule is COc1cc([C@@H](CC2CC2)N2CCNCC2)cc2c1OCO2.Cl.Cl. The van der Waals surface area contributed by atoms with Crippen LogP contribution < -0.4 is 19.5 Å². The highest BCUT2D eigenvalue weighted by Crippen LogP contribution is 2.46. The number of nitrogens with zero attached hydrogens (tertiary/aromatic N) is 1. The minimum atomic E-state index is 0. The number of ether oxygens (including phenoxy) is 3. The molecule has 1 atom stereocenters. The van der Waals surface area contributed by atoms with Crippen molar-refractivity contribution in [1.29, 1.82) is 0 Å². The van der Waals surface area contributed by atoms with Gasteiger partial charge in [0.25, 0.3) is 0 Å². The van der Waals surface area contributed by atoms with E-state index in [1.807, 2.05) is 0 Å². The average Bonchev–Trinajstić information content (AvgIpc) is 3.27. The summed E-state index contributed by atoms with van der Waals surface area (Å²) in [5.74, 6) is 3.25. The Balaban J connectivity index is 0.00000104. The molecule has 4 rings (SSSR count). The molecule has 24 heavy (non-hydrogen) atoms. The van der Waals surface area contributed by atoms with Crippen molar-refractivity contribution < 1.29 is 14.2 Å². The van der Waals surface area contributed by atoms with Crippen LogP contribution in [-0.4, -0.2) is 45.0 Å². The Bertz CT molecular complexity index is 549. The van der Waals surface area contributed by atoms with Gasteiger partial charge in [-0.2, -0.15) is 0 Å². The smallest absolute Gasteiger partial charge is 0.231 e. The van der Waals surface area contributed by atoms with Crippen LogP contribution in [0, 0.1) is 5.92 Å². The molecular formula is C17H26Cl2N2O3. The Hall–Kier alpha value is -0.880. The normalized spacial score (nSPS) is 20.7. The van der Waals surface area contributed by atoms with Crippen molar-refractivity contribution in [3.8, 4) is 17.2 Å². The molecule has 2 aliphatic heterocycles. The number of hydrogen-bond donors (Lipinski definition) is 1. The highest BCUT2D eigenvalue weighted by atomic mass is 35.5. The highest BCUT2D eigenvalue weighted by Gasteiger charge is 2.32. The number of halogens is 2. The Morgan fingerprint density at radius 2 is 1.96 bits per heavy atom. The molecule has 0 unspecified atom stereocenters. The number of hydrogen-bond acceptors (Lipinski definition) is 5. The van der Waals surface area contributed by atoms with Crippen LogP contribution in [0.1, 0.15) is 30.9 Å². The van der Waals surface area contributed by atoms with Crippen LogP contribution in [0.25, 0.3) is 0 Å². The standard InChI is InChI=1S/C17H24N2O3.2ClH/c1-20-15-9-13(10-16-17(15)22-11-21-16)14(8-12-2-3-12)19-6-4-18-5-7-19;;/h9-10,12,14,18H,2-8,11H2,1H3;2*1H/t14-;;/m1../s1. The fraction of sp³-hybridized carbons (Fsp3) is 0.647. The number of benzene rings is 1. The molecule has 1 saturated heterocycles. The second-order valence-corrected chi connectivity index (χ2v) is 6.44. The maximum atomic E-state index is 5.61. The molecule has 3 aliphatic rings. The molecule has 0 bridgehead atoms. The van der Waals surface area contributed by atoms with Crippen LogP contribution in [0.3, 0.4) is 0 Å². The molecule has 5 nitrogen and oxygen atoms in total. The molecule has 0 radical (unpaired) electrons. The van der Waals surface area contributed by atoms with E-state index in [9.17, 15) is 0 Å². The summed E-state index contributed by atoms with van der Waals surface area (Å²) in [6.07, 6.45) is 4.00. The Morgan fingerprint density at radius 3 is 2.62 bits per heavy atom. The van der Waals surface area contributed by atoms with E-state index in [0.29, 0.717) is 6.04 Å². The van der Waals surface area contributed by atoms with Gasteiger partial charge in [0, 0.05) is 32.2 Å². The molecule has 0 amide bonds. The monoisotopic (exact) mass is 376 g/mol. The number of piperazine rings is 1. The molecule has 0 spiro atoms. The molecule has 2 heterocycles. The van der Waals surface area contributed by atoms with Crippen molar-refractivity contribution in [3.05, 3.63) is 17.7 Å². The van der Waals surface area contributed by atoms with E-state index in [1.165, 1.54) is 24.8 Å². The lowest BCUT2D eigenvalue weighted by Crippen LogP contribution is -2.45. The highest BCUT2D eigenvalue weighted by molar-refractivity contribution is 5.85. The Labute approximate surface area is 155 Å². The van der Waals surface area contributed by atoms with Crippen LogP contribution in [0.2, 0.25) is 0 Å². The summed E-state index contributed by atoms with van der Waals surface area (Å²) in [6, 6.07) is 4.75. The van der Waals surface area contributed by atoms with Crippen LogP contribution >= 0.6 is 24.8 Å². The molecule has 7 heteroatoms. The summed E-state index contributed by atoms with van der Waals surface area (Å²) in [5.41, 5.74) is 1.30. The largest absolute Gasteiger partial charge is 0.493 e. The molecule has 1 aliphatic carbocycles. The number of fused-ring (bicyclic) bond motifs is 1. The maximum Gasteiger partial charge on any atom is 0.231 e. The number of rotatable bonds is 5. The summed E-state index contributed by atoms with van der Waals surface area (Å²) in [7, 11) is 1.70. The summed E-state index contributed by atoms with van der Waals surface area (Å²) in [5, 5.41) is 3.44. The van der Waals surface area contributed by atoms with Gasteiger partial charge >= 0.3 is 0 Å². The summed E-state index contributed by atoms with van der Waals surface area (Å²) in [4.78, 5) is 2.60. The van der Waals surface area contributed by atoms with E-state index < -0.39 is 0 Å². The predicted octanol–water partition coefficient (Wildman–Crippen LogP) is 3.01. The van der Waals surface area contributed by atoms with Gasteiger partial charge in [-0.3, -0.25) is 4.90 Å². The van der Waals surface area contributed by atoms with Gasteiger partial charge in [0.1, 0.15) is 0 Å². The predicted molar refractivity (Wildman–Crippen MR) is 98.1 cm³/mol. The van der Waals surface area contributed by atoms with Crippen molar-refractivity contribution in [1.82, 2.24) is 10.2 Å². The zero-order valence-electron chi connectivity index (χ0n) is 14.0. The minimum absolute atomic E-state index is 0. The quantitative estimate of drug-likeness (QED) is 0.855. The van der Waals surface area contributed by atoms with E-state index in [1.54, 1.807) is 7.11 Å². The lowest BCUT2D eigenvalue weighted by Gasteiger charge is -2.35. The van der Waals surface area contributed by atoms with Crippen LogP contribution in [0.4, 0.5) is 0 Å². The average molecular weight is 377 g/mol. The Kier molecular flexibility index (Phi) is 6.87. The first-order valence-corrected chi connectivity index (χ1v) is 8.27. The summed E-state index contributed by atoms with van der Waals surface area (Å²) < 4.78 is 16.6. The van der Waals surface area contributed by atoms with Gasteiger partial charge in [0.15, 0.2) is 11.5 Å². The molecule has 0 aromatic heterocycles. The van der Waals surface area contributed by atoms with Crippen LogP contribution in [0.5, 0.6) is 17.2 Å². The first kappa shape index (κ1) is 19.4. The van der Waals surface area contributed by atoms with E-state index in [0.717, 1.165) is 49.3 Å². The van der Waals surface area contributed by atoms with Gasteiger partial charge in [-0.1, -0.05) is 12.8 Å². The van der Waals surface area contributed by atoms with Gasteiger partial charge in [0.2, 0.25) is 12.5 Å². The van der Waals surface area contributed by atoms with Gasteiger partial charge in [0.05, 0.1) is 7.11 Å². The fourth-order valence-corrected chi connectivity index (χ4v) is 3.50. The van der Waals surface area contributed by atoms with E-state index in [2.05, 4.69) is 22.3 Å². The summed E-state index contributed by atoms with van der Waals surface area (Å²) >= 11 is 0. The molecular weight excluding hydrogens is 351 g/mol. The van der Waals surface area contributed by atoms with E-state index in [4.69, 9.17) is 14.2 Å². The third-order valence-electron chi connectivity index (χ3n) is 4.91. The lowest BCUT2D eigenvalue weighted by atomic mass is 9.97. The summed E-state index contributed by atoms with van der Waals surface area (Å²) in [6.45, 7) is 4.64. The first-order chi connectivity index (χ1) is 10.8. The molecule has 2 fully saturated rings. The third-order valence-corrected chi connectivity index (χ3v) is 4.91. The van der Waals surface area contributed by atoms with Crippen molar-refractivity contribution >= 4 is 24.8 Å². The van der Waals surface area contributed by atoms with E-state index >= 15 is 0 Å². The van der Waals surface area contributed by atoms with Crippen molar-refractivity contribution in [2.45, 2.75) is 25.3 Å². The van der Waals surface area contributed by atoms with Crippen molar-refractivity contribution in [3.63, 3.8) is 0 Å². The first-order valence-electron chi connectivity index (χ1n) is 8.27. The Morgan fingerprint density at radius 1 is 1.21 bits per heavy atom. The molecule has 1 saturated carbocycles. The topological polar surface area (TPSA) is 43.0 Å². The van der Waals surface area contributed by atoms with Crippen LogP contribution in [0.15, 0.2) is 12.1 Å². The van der Waals surface area contributed by atoms with Crippen LogP contribution in [-0.2, 0) is 0 Å². The van der Waals surface area contributed by atoms with Gasteiger partial charge < -0.3 is 19.5 Å². The molecule has 136 valence electrons. The number of methoxy groups -OCH3 is 1. The fourth-order valence-electron chi connectivity index (χ4n) is 3.50. The van der Waals surface area contributed by atoms with Gasteiger partial charge in [-0.15, -0.1) is 24.8 Å². The van der Waals surface area contributed by atoms with Crippen molar-refractivity contribution in [2.24, 2.45) is 5.92 Å². The van der Waals surface area contributed by atoms with Crippen molar-refractivity contribution in [2.75, 3.05) is 40.1 Å². The third kappa shape index (κ3) is 4.02. The maximum absolute atomic E-state index is 5.61. The zero-order chi connectivity index (χ0) is 14.9. The van der Waals surface area contributed by atoms with E-state index in [-0.39, 0.29) is 31.6 Å². The molecule has 1 aromatic carbocycles. The van der Waals surface area contributed by atoms with Gasteiger partial charge in [-0.05, 0) is 30.0 Å². The second-order valence-electron chi connectivity index (χ2n) is 6.44. The number of nitrogens with one attached hydrogen (secondary N) is 1. The van der Waals surface area contributed by atoms with Gasteiger partial charge in [-0.25, -0.2) is 0 Å². The second kappa shape index (κ2) is 8.48. The molecule has 1 N–H and O–H groups in total.